The SMILES string of the molecule is CC(=O)NC1CCN(C(=O)c2ccoc2)CC1. The summed E-state index contributed by atoms with van der Waals surface area (Å²) in [5.74, 6) is -0.00960. The van der Waals surface area contributed by atoms with Crippen LogP contribution < -0.4 is 5.32 Å². The van der Waals surface area contributed by atoms with Gasteiger partial charge in [0, 0.05) is 26.1 Å². The highest BCUT2D eigenvalue weighted by atomic mass is 16.3. The van der Waals surface area contributed by atoms with E-state index in [1.54, 1.807) is 11.0 Å². The fourth-order valence-electron chi connectivity index (χ4n) is 2.08. The molecule has 1 fully saturated rings. The predicted molar refractivity (Wildman–Crippen MR) is 61.5 cm³/mol. The van der Waals surface area contributed by atoms with E-state index in [0.29, 0.717) is 18.7 Å². The number of carbonyl (C=O) groups is 2. The summed E-state index contributed by atoms with van der Waals surface area (Å²) in [6, 6.07) is 1.86. The second-order valence-corrected chi connectivity index (χ2v) is 4.28. The van der Waals surface area contributed by atoms with Crippen LogP contribution in [0.5, 0.6) is 0 Å². The van der Waals surface area contributed by atoms with Gasteiger partial charge in [-0.2, -0.15) is 0 Å². The standard InChI is InChI=1S/C12H16N2O3/c1-9(15)13-11-2-5-14(6-3-11)12(16)10-4-7-17-8-10/h4,7-8,11H,2-3,5-6H2,1H3,(H,13,15). The van der Waals surface area contributed by atoms with Gasteiger partial charge in [0.1, 0.15) is 6.26 Å². The van der Waals surface area contributed by atoms with Gasteiger partial charge in [-0.3, -0.25) is 9.59 Å². The molecule has 0 spiro atoms. The summed E-state index contributed by atoms with van der Waals surface area (Å²) < 4.78 is 4.90. The van der Waals surface area contributed by atoms with Crippen molar-refractivity contribution in [3.05, 3.63) is 24.2 Å². The minimum Gasteiger partial charge on any atom is -0.472 e. The van der Waals surface area contributed by atoms with E-state index in [0.717, 1.165) is 12.8 Å². The van der Waals surface area contributed by atoms with E-state index in [1.807, 2.05) is 0 Å². The normalized spacial score (nSPS) is 16.9. The highest BCUT2D eigenvalue weighted by Gasteiger charge is 2.24. The van der Waals surface area contributed by atoms with Crippen LogP contribution in [0.1, 0.15) is 30.1 Å². The van der Waals surface area contributed by atoms with Gasteiger partial charge in [-0.05, 0) is 18.9 Å². The Hall–Kier alpha value is -1.78. The molecule has 5 heteroatoms. The molecule has 0 aromatic carbocycles. The highest BCUT2D eigenvalue weighted by molar-refractivity contribution is 5.93. The lowest BCUT2D eigenvalue weighted by Gasteiger charge is -2.31. The first-order chi connectivity index (χ1) is 8.16. The Kier molecular flexibility index (Phi) is 3.46. The molecule has 0 radical (unpaired) electrons. The summed E-state index contributed by atoms with van der Waals surface area (Å²) in [4.78, 5) is 24.7. The molecule has 1 N–H and O–H groups in total. The van der Waals surface area contributed by atoms with Crippen molar-refractivity contribution in [2.45, 2.75) is 25.8 Å². The van der Waals surface area contributed by atoms with Crippen molar-refractivity contribution in [1.82, 2.24) is 10.2 Å². The summed E-state index contributed by atoms with van der Waals surface area (Å²) in [5, 5.41) is 2.88. The van der Waals surface area contributed by atoms with E-state index in [2.05, 4.69) is 5.32 Å². The van der Waals surface area contributed by atoms with E-state index in [4.69, 9.17) is 4.42 Å². The number of carbonyl (C=O) groups excluding carboxylic acids is 2. The molecule has 92 valence electrons. The summed E-state index contributed by atoms with van der Waals surface area (Å²) in [5.41, 5.74) is 0.586. The Balaban J connectivity index is 1.87. The number of nitrogens with one attached hydrogen (secondary N) is 1. The van der Waals surface area contributed by atoms with Crippen molar-refractivity contribution < 1.29 is 14.0 Å². The molecule has 5 nitrogen and oxygen atoms in total. The average molecular weight is 236 g/mol. The second-order valence-electron chi connectivity index (χ2n) is 4.28. The highest BCUT2D eigenvalue weighted by Crippen LogP contribution is 2.14. The molecule has 0 atom stereocenters. The molecule has 0 saturated carbocycles. The van der Waals surface area contributed by atoms with Crippen molar-refractivity contribution in [3.8, 4) is 0 Å². The zero-order valence-electron chi connectivity index (χ0n) is 9.81. The second kappa shape index (κ2) is 5.03. The van der Waals surface area contributed by atoms with Crippen molar-refractivity contribution in [2.75, 3.05) is 13.1 Å². The Morgan fingerprint density at radius 3 is 2.65 bits per heavy atom. The number of hydrogen-bond donors (Lipinski definition) is 1. The molecule has 1 aliphatic heterocycles. The molecule has 0 bridgehead atoms. The largest absolute Gasteiger partial charge is 0.472 e. The third-order valence-electron chi connectivity index (χ3n) is 2.96. The van der Waals surface area contributed by atoms with Crippen LogP contribution in [0, 0.1) is 0 Å². The Morgan fingerprint density at radius 1 is 1.41 bits per heavy atom. The van der Waals surface area contributed by atoms with Gasteiger partial charge < -0.3 is 14.6 Å². The molecule has 2 rings (SSSR count). The first-order valence-corrected chi connectivity index (χ1v) is 5.75. The van der Waals surface area contributed by atoms with E-state index in [1.165, 1.54) is 19.5 Å². The third kappa shape index (κ3) is 2.87. The van der Waals surface area contributed by atoms with Crippen LogP contribution in [0.2, 0.25) is 0 Å². The van der Waals surface area contributed by atoms with Gasteiger partial charge in [0.15, 0.2) is 0 Å². The van der Waals surface area contributed by atoms with E-state index < -0.39 is 0 Å². The molecule has 1 aromatic heterocycles. The summed E-state index contributed by atoms with van der Waals surface area (Å²) in [7, 11) is 0. The molecule has 2 amide bonds. The van der Waals surface area contributed by atoms with Gasteiger partial charge in [0.25, 0.3) is 5.91 Å². The Morgan fingerprint density at radius 2 is 2.12 bits per heavy atom. The van der Waals surface area contributed by atoms with Crippen LogP contribution in [0.3, 0.4) is 0 Å². The minimum atomic E-state index is -0.00962. The van der Waals surface area contributed by atoms with E-state index in [9.17, 15) is 9.59 Å². The van der Waals surface area contributed by atoms with Crippen LogP contribution in [-0.4, -0.2) is 35.8 Å². The molecular weight excluding hydrogens is 220 g/mol. The predicted octanol–water partition coefficient (Wildman–Crippen LogP) is 1.02. The quantitative estimate of drug-likeness (QED) is 0.834. The topological polar surface area (TPSA) is 62.6 Å². The zero-order chi connectivity index (χ0) is 12.3. The van der Waals surface area contributed by atoms with Gasteiger partial charge in [-0.15, -0.1) is 0 Å². The monoisotopic (exact) mass is 236 g/mol. The average Bonchev–Trinajstić information content (AvgIpc) is 2.82. The number of furan rings is 1. The number of piperidine rings is 1. The van der Waals surface area contributed by atoms with Crippen molar-refractivity contribution >= 4 is 11.8 Å². The maximum atomic E-state index is 12.0. The zero-order valence-corrected chi connectivity index (χ0v) is 9.81. The van der Waals surface area contributed by atoms with Crippen LogP contribution >= 0.6 is 0 Å². The number of likely N-dealkylation sites (tertiary alicyclic amines) is 1. The van der Waals surface area contributed by atoms with E-state index >= 15 is 0 Å². The first-order valence-electron chi connectivity index (χ1n) is 5.75. The lowest BCUT2D eigenvalue weighted by molar-refractivity contribution is -0.119. The van der Waals surface area contributed by atoms with Crippen LogP contribution in [0.25, 0.3) is 0 Å². The van der Waals surface area contributed by atoms with Crippen LogP contribution in [-0.2, 0) is 4.79 Å². The molecule has 1 aliphatic rings. The van der Waals surface area contributed by atoms with E-state index in [-0.39, 0.29) is 17.9 Å². The minimum absolute atomic E-state index is 0.0000231. The molecule has 17 heavy (non-hydrogen) atoms. The lowest BCUT2D eigenvalue weighted by Crippen LogP contribution is -2.46. The summed E-state index contributed by atoms with van der Waals surface area (Å²) in [6.07, 6.45) is 4.58. The van der Waals surface area contributed by atoms with Crippen molar-refractivity contribution in [2.24, 2.45) is 0 Å². The number of nitrogens with zero attached hydrogens (tertiary/aromatic N) is 1. The lowest BCUT2D eigenvalue weighted by atomic mass is 10.0. The number of hydrogen-bond acceptors (Lipinski definition) is 3. The van der Waals surface area contributed by atoms with Gasteiger partial charge in [-0.1, -0.05) is 0 Å². The van der Waals surface area contributed by atoms with Crippen molar-refractivity contribution in [1.29, 1.82) is 0 Å². The maximum absolute atomic E-state index is 12.0. The Bertz CT molecular complexity index is 392. The molecule has 1 aromatic rings. The van der Waals surface area contributed by atoms with Gasteiger partial charge >= 0.3 is 0 Å². The molecular formula is C12H16N2O3. The molecule has 1 saturated heterocycles. The first kappa shape index (κ1) is 11.7. The van der Waals surface area contributed by atoms with Crippen LogP contribution in [0.4, 0.5) is 0 Å². The van der Waals surface area contributed by atoms with Gasteiger partial charge in [0.05, 0.1) is 11.8 Å². The molecule has 2 heterocycles. The van der Waals surface area contributed by atoms with Crippen LogP contribution in [0.15, 0.2) is 23.0 Å². The van der Waals surface area contributed by atoms with Crippen molar-refractivity contribution in [3.63, 3.8) is 0 Å². The summed E-state index contributed by atoms with van der Waals surface area (Å²) >= 11 is 0. The molecule has 0 aliphatic carbocycles. The molecule has 0 unspecified atom stereocenters. The number of amides is 2. The smallest absolute Gasteiger partial charge is 0.257 e. The number of rotatable bonds is 2. The Labute approximate surface area is 99.8 Å². The fourth-order valence-corrected chi connectivity index (χ4v) is 2.08. The maximum Gasteiger partial charge on any atom is 0.257 e. The fraction of sp³-hybridized carbons (Fsp3) is 0.500. The van der Waals surface area contributed by atoms with Gasteiger partial charge in [-0.25, -0.2) is 0 Å². The summed E-state index contributed by atoms with van der Waals surface area (Å²) in [6.45, 7) is 2.87. The van der Waals surface area contributed by atoms with Gasteiger partial charge in [0.2, 0.25) is 5.91 Å². The third-order valence-corrected chi connectivity index (χ3v) is 2.96.